The highest BCUT2D eigenvalue weighted by atomic mass is 16.5. The molecule has 0 aromatic heterocycles. The van der Waals surface area contributed by atoms with Gasteiger partial charge in [-0.1, -0.05) is 32.0 Å². The number of benzene rings is 2. The first kappa shape index (κ1) is 20.4. The largest absolute Gasteiger partial charge is 0.496 e. The minimum absolute atomic E-state index is 0.384. The van der Waals surface area contributed by atoms with Gasteiger partial charge < -0.3 is 14.4 Å². The Hall–Kier alpha value is -2.33. The number of hydrogen-bond donors (Lipinski definition) is 0. The number of hydrogen-bond acceptors (Lipinski definition) is 4. The number of esters is 1. The molecule has 1 aliphatic rings. The lowest BCUT2D eigenvalue weighted by molar-refractivity contribution is 0.0731. The Morgan fingerprint density at radius 1 is 1.11 bits per heavy atom. The molecule has 1 unspecified atom stereocenters. The summed E-state index contributed by atoms with van der Waals surface area (Å²) >= 11 is 0. The van der Waals surface area contributed by atoms with Crippen LogP contribution in [0.25, 0.3) is 0 Å². The van der Waals surface area contributed by atoms with Gasteiger partial charge in [-0.25, -0.2) is 4.79 Å². The highest BCUT2D eigenvalue weighted by Crippen LogP contribution is 2.36. The Morgan fingerprint density at radius 3 is 2.57 bits per heavy atom. The molecule has 28 heavy (non-hydrogen) atoms. The van der Waals surface area contributed by atoms with Crippen molar-refractivity contribution in [1.82, 2.24) is 4.90 Å². The zero-order valence-corrected chi connectivity index (χ0v) is 17.2. The molecule has 0 heterocycles. The highest BCUT2D eigenvalue weighted by molar-refractivity contribution is 5.94. The number of ether oxygens (including phenoxy) is 2. The third-order valence-electron chi connectivity index (χ3n) is 5.41. The Balaban J connectivity index is 1.74. The van der Waals surface area contributed by atoms with Gasteiger partial charge in [0, 0.05) is 6.54 Å². The predicted molar refractivity (Wildman–Crippen MR) is 112 cm³/mol. The van der Waals surface area contributed by atoms with E-state index >= 15 is 0 Å². The van der Waals surface area contributed by atoms with Crippen molar-refractivity contribution < 1.29 is 14.3 Å². The monoisotopic (exact) mass is 381 g/mol. The maximum atomic E-state index is 12.6. The average molecular weight is 382 g/mol. The van der Waals surface area contributed by atoms with Crippen molar-refractivity contribution in [3.05, 3.63) is 59.2 Å². The SMILES string of the molecule is CCCN(CCC)CC1CCc2ccc(OC(=O)c3ccccc3OC)cc21. The van der Waals surface area contributed by atoms with E-state index in [2.05, 4.69) is 30.9 Å². The third-order valence-corrected chi connectivity index (χ3v) is 5.41. The Labute approximate surface area is 168 Å². The van der Waals surface area contributed by atoms with Crippen LogP contribution in [0.5, 0.6) is 11.5 Å². The van der Waals surface area contributed by atoms with Gasteiger partial charge in [-0.2, -0.15) is 0 Å². The molecule has 4 nitrogen and oxygen atoms in total. The predicted octanol–water partition coefficient (Wildman–Crippen LogP) is 5.07. The standard InChI is InChI=1S/C24H31NO3/c1-4-14-25(15-5-2)17-19-11-10-18-12-13-20(16-22(18)19)28-24(26)21-8-6-7-9-23(21)27-3/h6-9,12-13,16,19H,4-5,10-11,14-15,17H2,1-3H3. The fourth-order valence-corrected chi connectivity index (χ4v) is 4.13. The number of rotatable bonds is 9. The van der Waals surface area contributed by atoms with Gasteiger partial charge in [0.1, 0.15) is 17.1 Å². The van der Waals surface area contributed by atoms with E-state index in [4.69, 9.17) is 9.47 Å². The van der Waals surface area contributed by atoms with Crippen LogP contribution in [0.1, 0.15) is 60.5 Å². The molecule has 0 spiro atoms. The number of methoxy groups -OCH3 is 1. The van der Waals surface area contributed by atoms with Crippen LogP contribution < -0.4 is 9.47 Å². The molecule has 1 aliphatic carbocycles. The van der Waals surface area contributed by atoms with Crippen LogP contribution in [0, 0.1) is 0 Å². The summed E-state index contributed by atoms with van der Waals surface area (Å²) in [5.41, 5.74) is 3.16. The first-order valence-corrected chi connectivity index (χ1v) is 10.4. The van der Waals surface area contributed by atoms with Crippen molar-refractivity contribution in [2.24, 2.45) is 0 Å². The molecular weight excluding hydrogens is 350 g/mol. The van der Waals surface area contributed by atoms with Gasteiger partial charge in [0.05, 0.1) is 7.11 Å². The van der Waals surface area contributed by atoms with Crippen LogP contribution in [-0.4, -0.2) is 37.6 Å². The second kappa shape index (κ2) is 9.74. The summed E-state index contributed by atoms with van der Waals surface area (Å²) in [4.78, 5) is 15.2. The Kier molecular flexibility index (Phi) is 7.10. The van der Waals surface area contributed by atoms with Crippen molar-refractivity contribution in [2.75, 3.05) is 26.7 Å². The van der Waals surface area contributed by atoms with Crippen molar-refractivity contribution in [2.45, 2.75) is 45.4 Å². The molecule has 0 amide bonds. The van der Waals surface area contributed by atoms with Crippen molar-refractivity contribution in [3.63, 3.8) is 0 Å². The minimum atomic E-state index is -0.384. The molecule has 4 heteroatoms. The van der Waals surface area contributed by atoms with Gasteiger partial charge in [-0.15, -0.1) is 0 Å². The molecule has 0 fully saturated rings. The number of aryl methyl sites for hydroxylation is 1. The summed E-state index contributed by atoms with van der Waals surface area (Å²) in [6.07, 6.45) is 4.63. The first-order valence-electron chi connectivity index (χ1n) is 10.4. The highest BCUT2D eigenvalue weighted by Gasteiger charge is 2.25. The summed E-state index contributed by atoms with van der Waals surface area (Å²) in [5, 5.41) is 0. The van der Waals surface area contributed by atoms with Crippen molar-refractivity contribution in [3.8, 4) is 11.5 Å². The molecule has 2 aromatic rings. The van der Waals surface area contributed by atoms with E-state index < -0.39 is 0 Å². The van der Waals surface area contributed by atoms with E-state index in [1.165, 1.54) is 30.4 Å². The average Bonchev–Trinajstić information content (AvgIpc) is 3.10. The van der Waals surface area contributed by atoms with Gasteiger partial charge >= 0.3 is 5.97 Å². The van der Waals surface area contributed by atoms with E-state index in [9.17, 15) is 4.79 Å². The Bertz CT molecular complexity index is 796. The van der Waals surface area contributed by atoms with Crippen LogP contribution in [-0.2, 0) is 6.42 Å². The van der Waals surface area contributed by atoms with Gasteiger partial charge in [-0.05, 0) is 80.1 Å². The lowest BCUT2D eigenvalue weighted by Gasteiger charge is -2.25. The van der Waals surface area contributed by atoms with E-state index in [1.807, 2.05) is 18.2 Å². The zero-order valence-electron chi connectivity index (χ0n) is 17.2. The van der Waals surface area contributed by atoms with Gasteiger partial charge in [-0.3, -0.25) is 0 Å². The maximum absolute atomic E-state index is 12.6. The fourth-order valence-electron chi connectivity index (χ4n) is 4.13. The lowest BCUT2D eigenvalue weighted by atomic mass is 10.00. The summed E-state index contributed by atoms with van der Waals surface area (Å²) in [6, 6.07) is 13.2. The van der Waals surface area contributed by atoms with Crippen molar-refractivity contribution in [1.29, 1.82) is 0 Å². The molecule has 0 N–H and O–H groups in total. The molecule has 0 radical (unpaired) electrons. The molecular formula is C24H31NO3. The van der Waals surface area contributed by atoms with Gasteiger partial charge in [0.2, 0.25) is 0 Å². The molecule has 0 saturated carbocycles. The van der Waals surface area contributed by atoms with Crippen LogP contribution in [0.2, 0.25) is 0 Å². The second-order valence-corrected chi connectivity index (χ2v) is 7.49. The minimum Gasteiger partial charge on any atom is -0.496 e. The number of para-hydroxylation sites is 1. The number of carbonyl (C=O) groups excluding carboxylic acids is 1. The smallest absolute Gasteiger partial charge is 0.347 e. The molecule has 1 atom stereocenters. The summed E-state index contributed by atoms with van der Waals surface area (Å²) in [6.45, 7) is 7.84. The van der Waals surface area contributed by atoms with E-state index in [0.717, 1.165) is 26.1 Å². The summed E-state index contributed by atoms with van der Waals surface area (Å²) < 4.78 is 11.0. The topological polar surface area (TPSA) is 38.8 Å². The number of nitrogens with zero attached hydrogens (tertiary/aromatic N) is 1. The van der Waals surface area contributed by atoms with Gasteiger partial charge in [0.15, 0.2) is 0 Å². The zero-order chi connectivity index (χ0) is 19.9. The normalized spacial score (nSPS) is 15.5. The molecule has 0 saturated heterocycles. The Morgan fingerprint density at radius 2 is 1.86 bits per heavy atom. The van der Waals surface area contributed by atoms with E-state index in [1.54, 1.807) is 19.2 Å². The third kappa shape index (κ3) is 4.74. The van der Waals surface area contributed by atoms with Crippen LogP contribution in [0.15, 0.2) is 42.5 Å². The van der Waals surface area contributed by atoms with Crippen LogP contribution >= 0.6 is 0 Å². The van der Waals surface area contributed by atoms with E-state index in [-0.39, 0.29) is 5.97 Å². The quantitative estimate of drug-likeness (QED) is 0.449. The van der Waals surface area contributed by atoms with Crippen LogP contribution in [0.4, 0.5) is 0 Å². The fraction of sp³-hybridized carbons (Fsp3) is 0.458. The first-order chi connectivity index (χ1) is 13.7. The maximum Gasteiger partial charge on any atom is 0.347 e. The second-order valence-electron chi connectivity index (χ2n) is 7.49. The van der Waals surface area contributed by atoms with Crippen LogP contribution in [0.3, 0.4) is 0 Å². The summed E-state index contributed by atoms with van der Waals surface area (Å²) in [7, 11) is 1.56. The number of carbonyl (C=O) groups is 1. The molecule has 2 aromatic carbocycles. The molecule has 0 bridgehead atoms. The lowest BCUT2D eigenvalue weighted by Crippen LogP contribution is -2.29. The van der Waals surface area contributed by atoms with Gasteiger partial charge in [0.25, 0.3) is 0 Å². The molecule has 0 aliphatic heterocycles. The molecule has 150 valence electrons. The van der Waals surface area contributed by atoms with Crippen molar-refractivity contribution >= 4 is 5.97 Å². The summed E-state index contributed by atoms with van der Waals surface area (Å²) in [5.74, 6) is 1.27. The number of fused-ring (bicyclic) bond motifs is 1. The van der Waals surface area contributed by atoms with E-state index in [0.29, 0.717) is 23.0 Å². The molecule has 3 rings (SSSR count).